The predicted octanol–water partition coefficient (Wildman–Crippen LogP) is 1.98. The van der Waals surface area contributed by atoms with Crippen molar-refractivity contribution in [3.63, 3.8) is 0 Å². The van der Waals surface area contributed by atoms with Crippen molar-refractivity contribution in [1.82, 2.24) is 4.90 Å². The Hall–Kier alpha value is -3.20. The van der Waals surface area contributed by atoms with Gasteiger partial charge in [-0.2, -0.15) is 0 Å². The number of aliphatic hydroxyl groups excluding tert-OH is 1. The van der Waals surface area contributed by atoms with Crippen molar-refractivity contribution < 1.29 is 29.0 Å². The molecule has 33 heavy (non-hydrogen) atoms. The lowest BCUT2D eigenvalue weighted by Crippen LogP contribution is -2.61. The van der Waals surface area contributed by atoms with Crippen molar-refractivity contribution in [3.8, 4) is 0 Å². The fourth-order valence-corrected chi connectivity index (χ4v) is 4.01. The first-order chi connectivity index (χ1) is 15.4. The second-order valence-electron chi connectivity index (χ2n) is 9.46. The summed E-state index contributed by atoms with van der Waals surface area (Å²) in [7, 11) is 0. The van der Waals surface area contributed by atoms with Crippen LogP contribution >= 0.6 is 0 Å². The normalized spacial score (nSPS) is 21.5. The van der Waals surface area contributed by atoms with Gasteiger partial charge in [0.1, 0.15) is 5.70 Å². The van der Waals surface area contributed by atoms with E-state index in [2.05, 4.69) is 4.99 Å². The number of fused-ring (bicyclic) bond motifs is 1. The summed E-state index contributed by atoms with van der Waals surface area (Å²) in [5.74, 6) is -1.72. The van der Waals surface area contributed by atoms with E-state index in [1.807, 2.05) is 24.3 Å². The zero-order valence-corrected chi connectivity index (χ0v) is 19.6. The van der Waals surface area contributed by atoms with E-state index in [-0.39, 0.29) is 17.6 Å². The minimum Gasteiger partial charge on any atom is -0.427 e. The highest BCUT2D eigenvalue weighted by molar-refractivity contribution is 6.06. The third-order valence-corrected chi connectivity index (χ3v) is 5.70. The van der Waals surface area contributed by atoms with E-state index < -0.39 is 36.2 Å². The molecule has 0 radical (unpaired) electrons. The first-order valence-electron chi connectivity index (χ1n) is 10.9. The van der Waals surface area contributed by atoms with Gasteiger partial charge in [-0.1, -0.05) is 18.2 Å². The lowest BCUT2D eigenvalue weighted by atomic mass is 9.82. The number of hydrogen-bond donors (Lipinski definition) is 2. The highest BCUT2D eigenvalue weighted by atomic mass is 16.7. The average molecular weight is 458 g/mol. The third kappa shape index (κ3) is 5.08. The van der Waals surface area contributed by atoms with Gasteiger partial charge in [0.25, 0.3) is 0 Å². The van der Waals surface area contributed by atoms with Crippen molar-refractivity contribution in [2.45, 2.75) is 59.7 Å². The second-order valence-corrected chi connectivity index (χ2v) is 9.46. The van der Waals surface area contributed by atoms with Crippen molar-refractivity contribution in [1.29, 1.82) is 0 Å². The van der Waals surface area contributed by atoms with Crippen LogP contribution in [0, 0.1) is 11.3 Å². The van der Waals surface area contributed by atoms with Crippen LogP contribution in [0.25, 0.3) is 5.57 Å². The van der Waals surface area contributed by atoms with Crippen LogP contribution in [0.5, 0.6) is 0 Å². The Morgan fingerprint density at radius 2 is 2.00 bits per heavy atom. The topological polar surface area (TPSA) is 132 Å². The minimum atomic E-state index is -0.837. The molecule has 0 aliphatic carbocycles. The zero-order valence-electron chi connectivity index (χ0n) is 19.6. The molecule has 0 spiro atoms. The summed E-state index contributed by atoms with van der Waals surface area (Å²) in [6.07, 6.45) is -0.438. The predicted molar refractivity (Wildman–Crippen MR) is 121 cm³/mol. The average Bonchev–Trinajstić information content (AvgIpc) is 3.06. The van der Waals surface area contributed by atoms with Gasteiger partial charge in [0.2, 0.25) is 12.7 Å². The van der Waals surface area contributed by atoms with Gasteiger partial charge in [0, 0.05) is 0 Å². The van der Waals surface area contributed by atoms with E-state index in [0.29, 0.717) is 24.4 Å². The number of carbonyl (C=O) groups excluding carboxylic acids is 3. The summed E-state index contributed by atoms with van der Waals surface area (Å²) < 4.78 is 10.3. The molecular formula is C24H31N3O6. The molecule has 3 N–H and O–H groups in total. The molecule has 178 valence electrons. The molecule has 1 aromatic rings. The molecule has 2 aliphatic rings. The van der Waals surface area contributed by atoms with Gasteiger partial charge in [0.15, 0.2) is 0 Å². The Kier molecular flexibility index (Phi) is 6.92. The van der Waals surface area contributed by atoms with Crippen LogP contribution in [-0.2, 0) is 30.4 Å². The minimum absolute atomic E-state index is 0.115. The van der Waals surface area contributed by atoms with Crippen molar-refractivity contribution in [3.05, 3.63) is 41.1 Å². The highest BCUT2D eigenvalue weighted by Crippen LogP contribution is 2.47. The fourth-order valence-electron chi connectivity index (χ4n) is 4.01. The Balaban J connectivity index is 1.88. The van der Waals surface area contributed by atoms with E-state index in [0.717, 1.165) is 11.1 Å². The number of ether oxygens (including phenoxy) is 2. The van der Waals surface area contributed by atoms with Gasteiger partial charge >= 0.3 is 11.9 Å². The summed E-state index contributed by atoms with van der Waals surface area (Å²) in [5.41, 5.74) is 7.30. The maximum absolute atomic E-state index is 13.0. The van der Waals surface area contributed by atoms with Gasteiger partial charge in [-0.05, 0) is 63.8 Å². The molecule has 1 saturated heterocycles. The maximum atomic E-state index is 13.0. The van der Waals surface area contributed by atoms with Gasteiger partial charge in [-0.15, -0.1) is 0 Å². The van der Waals surface area contributed by atoms with Crippen LogP contribution in [0.2, 0.25) is 0 Å². The number of aliphatic hydroxyl groups is 1. The van der Waals surface area contributed by atoms with E-state index >= 15 is 0 Å². The lowest BCUT2D eigenvalue weighted by molar-refractivity contribution is -0.175. The number of amides is 1. The van der Waals surface area contributed by atoms with Crippen LogP contribution in [0.4, 0.5) is 0 Å². The smallest absolute Gasteiger partial charge is 0.358 e. The summed E-state index contributed by atoms with van der Waals surface area (Å²) in [6.45, 7) is 8.18. The summed E-state index contributed by atoms with van der Waals surface area (Å²) in [5, 5.41) is 10.0. The maximum Gasteiger partial charge on any atom is 0.358 e. The van der Waals surface area contributed by atoms with Crippen molar-refractivity contribution in [2.24, 2.45) is 22.1 Å². The molecule has 2 aliphatic heterocycles. The number of nitrogens with two attached hydrogens (primary N) is 1. The third-order valence-electron chi connectivity index (χ3n) is 5.70. The van der Waals surface area contributed by atoms with E-state index in [4.69, 9.17) is 15.2 Å². The summed E-state index contributed by atoms with van der Waals surface area (Å²) in [4.78, 5) is 43.3. The SMILES string of the molecule is CC(N)=NCc1cccc(C2=C(C(=O)OCOC(=O)C(C)(C)C)N3C(=O)[C@H]([C@@H](C)O)[C@H]3C2)c1. The standard InChI is InChI=1S/C24H31N3O6/c1-13(28)19-18-10-17(16-8-6-7-15(9-16)11-26-14(2)25)20(27(18)21(19)29)22(30)32-12-33-23(31)24(3,4)5/h6-9,13,18-19,28H,10-12H2,1-5H3,(H2,25,26)/t13-,18-,19-/m1/s1. The van der Waals surface area contributed by atoms with Crippen molar-refractivity contribution >= 4 is 29.3 Å². The highest BCUT2D eigenvalue weighted by Gasteiger charge is 2.57. The number of β-lactam (4-membered cyclic amide) rings is 1. The fraction of sp³-hybridized carbons (Fsp3) is 0.500. The van der Waals surface area contributed by atoms with E-state index in [9.17, 15) is 19.5 Å². The molecule has 2 heterocycles. The number of hydrogen-bond acceptors (Lipinski definition) is 7. The molecule has 0 bridgehead atoms. The Bertz CT molecular complexity index is 1020. The molecule has 3 atom stereocenters. The Labute approximate surface area is 193 Å². The van der Waals surface area contributed by atoms with Gasteiger partial charge in [-0.3, -0.25) is 14.6 Å². The second kappa shape index (κ2) is 9.35. The molecule has 3 rings (SSSR count). The van der Waals surface area contributed by atoms with Crippen LogP contribution in [-0.4, -0.2) is 52.6 Å². The number of benzene rings is 1. The van der Waals surface area contributed by atoms with Gasteiger partial charge in [0.05, 0.1) is 35.9 Å². The van der Waals surface area contributed by atoms with E-state index in [1.54, 1.807) is 34.6 Å². The molecule has 1 aromatic carbocycles. The monoisotopic (exact) mass is 457 g/mol. The Morgan fingerprint density at radius 1 is 1.30 bits per heavy atom. The molecule has 1 fully saturated rings. The zero-order chi connectivity index (χ0) is 24.5. The van der Waals surface area contributed by atoms with Crippen LogP contribution < -0.4 is 5.73 Å². The lowest BCUT2D eigenvalue weighted by Gasteiger charge is -2.44. The van der Waals surface area contributed by atoms with Gasteiger partial charge in [-0.25, -0.2) is 4.79 Å². The molecule has 0 saturated carbocycles. The molecular weight excluding hydrogens is 426 g/mol. The number of aliphatic imine (C=N–C) groups is 1. The van der Waals surface area contributed by atoms with Gasteiger partial charge < -0.3 is 25.2 Å². The number of nitrogens with zero attached hydrogens (tertiary/aromatic N) is 2. The number of rotatable bonds is 7. The van der Waals surface area contributed by atoms with Crippen LogP contribution in [0.3, 0.4) is 0 Å². The first kappa shape index (κ1) is 24.4. The molecule has 0 unspecified atom stereocenters. The first-order valence-corrected chi connectivity index (χ1v) is 10.9. The van der Waals surface area contributed by atoms with Crippen LogP contribution in [0.1, 0.15) is 52.2 Å². The molecule has 0 aromatic heterocycles. The Morgan fingerprint density at radius 3 is 2.61 bits per heavy atom. The summed E-state index contributed by atoms with van der Waals surface area (Å²) in [6, 6.07) is 7.14. The quantitative estimate of drug-likeness (QED) is 0.210. The van der Waals surface area contributed by atoms with Crippen molar-refractivity contribution in [2.75, 3.05) is 6.79 Å². The largest absolute Gasteiger partial charge is 0.427 e. The molecule has 9 nitrogen and oxygen atoms in total. The number of esters is 2. The van der Waals surface area contributed by atoms with Crippen LogP contribution in [0.15, 0.2) is 35.0 Å². The number of amidine groups is 1. The van der Waals surface area contributed by atoms with E-state index in [1.165, 1.54) is 4.90 Å². The molecule has 9 heteroatoms. The summed E-state index contributed by atoms with van der Waals surface area (Å²) >= 11 is 0. The number of carbonyl (C=O) groups is 3. The molecule has 1 amide bonds.